The zero-order chi connectivity index (χ0) is 14.9. The standard InChI is InChI=1S/C16H19NO4/c18-10-14-16(20)8-6-13(7-9-16)17(14)15(19)21-11-12-4-2-1-3-5-12/h1-5,10,13-14,20H,6-9,11H2. The maximum absolute atomic E-state index is 12.3. The van der Waals surface area contributed by atoms with Crippen molar-refractivity contribution >= 4 is 12.4 Å². The molecule has 0 spiro atoms. The third-order valence-corrected chi connectivity index (χ3v) is 4.61. The predicted molar refractivity (Wildman–Crippen MR) is 75.5 cm³/mol. The molecule has 21 heavy (non-hydrogen) atoms. The maximum atomic E-state index is 12.3. The first-order valence-electron chi connectivity index (χ1n) is 7.31. The molecule has 2 aliphatic heterocycles. The molecule has 3 aliphatic rings. The largest absolute Gasteiger partial charge is 0.445 e. The van der Waals surface area contributed by atoms with Crippen LogP contribution < -0.4 is 0 Å². The van der Waals surface area contributed by atoms with Crippen molar-refractivity contribution in [3.05, 3.63) is 35.9 Å². The van der Waals surface area contributed by atoms with Gasteiger partial charge in [-0.15, -0.1) is 0 Å². The average molecular weight is 289 g/mol. The van der Waals surface area contributed by atoms with E-state index in [0.717, 1.165) is 18.4 Å². The highest BCUT2D eigenvalue weighted by Crippen LogP contribution is 2.42. The quantitative estimate of drug-likeness (QED) is 0.863. The van der Waals surface area contributed by atoms with Crippen molar-refractivity contribution in [3.8, 4) is 0 Å². The van der Waals surface area contributed by atoms with Crippen LogP contribution in [0.1, 0.15) is 31.2 Å². The van der Waals surface area contributed by atoms with Crippen molar-refractivity contribution in [1.82, 2.24) is 4.90 Å². The fourth-order valence-electron chi connectivity index (χ4n) is 3.41. The Bertz CT molecular complexity index is 522. The number of hydrogen-bond acceptors (Lipinski definition) is 4. The van der Waals surface area contributed by atoms with Gasteiger partial charge in [0.15, 0.2) is 0 Å². The zero-order valence-electron chi connectivity index (χ0n) is 11.8. The third-order valence-electron chi connectivity index (χ3n) is 4.61. The number of piperidine rings is 2. The normalized spacial score (nSPS) is 31.0. The third kappa shape index (κ3) is 2.53. The fraction of sp³-hybridized carbons (Fsp3) is 0.500. The van der Waals surface area contributed by atoms with E-state index in [9.17, 15) is 14.7 Å². The Hall–Kier alpha value is -1.88. The minimum Gasteiger partial charge on any atom is -0.445 e. The van der Waals surface area contributed by atoms with E-state index in [0.29, 0.717) is 19.1 Å². The van der Waals surface area contributed by atoms with Crippen molar-refractivity contribution in [2.75, 3.05) is 0 Å². The van der Waals surface area contributed by atoms with Gasteiger partial charge < -0.3 is 14.6 Å². The Labute approximate surface area is 123 Å². The van der Waals surface area contributed by atoms with Crippen molar-refractivity contribution in [2.24, 2.45) is 0 Å². The van der Waals surface area contributed by atoms with E-state index in [2.05, 4.69) is 0 Å². The Morgan fingerprint density at radius 1 is 1.33 bits per heavy atom. The first kappa shape index (κ1) is 14.1. The highest BCUT2D eigenvalue weighted by Gasteiger charge is 2.53. The van der Waals surface area contributed by atoms with E-state index in [1.807, 2.05) is 30.3 Å². The van der Waals surface area contributed by atoms with Gasteiger partial charge in [-0.05, 0) is 31.2 Å². The number of aliphatic hydroxyl groups is 1. The van der Waals surface area contributed by atoms with Gasteiger partial charge >= 0.3 is 6.09 Å². The minimum absolute atomic E-state index is 0.00232. The maximum Gasteiger partial charge on any atom is 0.411 e. The number of ether oxygens (including phenoxy) is 1. The lowest BCUT2D eigenvalue weighted by molar-refractivity contribution is -0.148. The summed E-state index contributed by atoms with van der Waals surface area (Å²) in [5.41, 5.74) is -0.184. The van der Waals surface area contributed by atoms with E-state index in [4.69, 9.17) is 4.74 Å². The minimum atomic E-state index is -1.08. The first-order valence-corrected chi connectivity index (χ1v) is 7.31. The molecule has 5 heteroatoms. The molecule has 1 aromatic carbocycles. The molecule has 0 radical (unpaired) electrons. The van der Waals surface area contributed by atoms with Gasteiger partial charge in [0.25, 0.3) is 0 Å². The molecule has 3 fully saturated rings. The number of amides is 1. The van der Waals surface area contributed by atoms with Crippen LogP contribution in [0, 0.1) is 0 Å². The number of nitrogens with zero attached hydrogens (tertiary/aromatic N) is 1. The van der Waals surface area contributed by atoms with Crippen molar-refractivity contribution in [3.63, 3.8) is 0 Å². The summed E-state index contributed by atoms with van der Waals surface area (Å²) in [5, 5.41) is 10.5. The Kier molecular flexibility index (Phi) is 3.68. The Morgan fingerprint density at radius 2 is 2.00 bits per heavy atom. The summed E-state index contributed by atoms with van der Waals surface area (Å²) in [6, 6.07) is 8.62. The monoisotopic (exact) mass is 289 g/mol. The zero-order valence-corrected chi connectivity index (χ0v) is 11.8. The predicted octanol–water partition coefficient (Wildman–Crippen LogP) is 1.88. The second-order valence-corrected chi connectivity index (χ2v) is 5.86. The van der Waals surface area contributed by atoms with Crippen LogP contribution in [0.4, 0.5) is 4.79 Å². The molecule has 4 rings (SSSR count). The second-order valence-electron chi connectivity index (χ2n) is 5.86. The molecular formula is C16H19NO4. The number of hydrogen-bond donors (Lipinski definition) is 1. The molecule has 5 nitrogen and oxygen atoms in total. The lowest BCUT2D eigenvalue weighted by Gasteiger charge is -2.53. The van der Waals surface area contributed by atoms with Crippen LogP contribution in [0.25, 0.3) is 0 Å². The summed E-state index contributed by atoms with van der Waals surface area (Å²) in [4.78, 5) is 25.1. The first-order chi connectivity index (χ1) is 10.1. The number of benzene rings is 1. The second kappa shape index (κ2) is 5.48. The van der Waals surface area contributed by atoms with Crippen LogP contribution in [0.15, 0.2) is 30.3 Å². The van der Waals surface area contributed by atoms with Crippen molar-refractivity contribution < 1.29 is 19.4 Å². The van der Waals surface area contributed by atoms with Crippen LogP contribution in [0.5, 0.6) is 0 Å². The van der Waals surface area contributed by atoms with Gasteiger partial charge in [-0.1, -0.05) is 30.3 Å². The van der Waals surface area contributed by atoms with Crippen LogP contribution in [0.2, 0.25) is 0 Å². The summed E-state index contributed by atoms with van der Waals surface area (Å²) in [6.45, 7) is 0.174. The molecule has 1 saturated carbocycles. The van der Waals surface area contributed by atoms with Gasteiger partial charge in [-0.25, -0.2) is 4.79 Å². The lowest BCUT2D eigenvalue weighted by Crippen LogP contribution is -2.66. The summed E-state index contributed by atoms with van der Waals surface area (Å²) >= 11 is 0. The van der Waals surface area contributed by atoms with Gasteiger partial charge in [-0.3, -0.25) is 4.90 Å². The molecular weight excluding hydrogens is 270 g/mol. The van der Waals surface area contributed by atoms with E-state index >= 15 is 0 Å². The molecule has 1 N–H and O–H groups in total. The Balaban J connectivity index is 1.70. The van der Waals surface area contributed by atoms with Crippen LogP contribution in [-0.4, -0.2) is 40.1 Å². The molecule has 112 valence electrons. The van der Waals surface area contributed by atoms with Gasteiger partial charge in [0.1, 0.15) is 18.9 Å². The van der Waals surface area contributed by atoms with Gasteiger partial charge in [0, 0.05) is 6.04 Å². The van der Waals surface area contributed by atoms with Gasteiger partial charge in [0.2, 0.25) is 0 Å². The summed E-state index contributed by atoms with van der Waals surface area (Å²) in [6.07, 6.45) is 2.75. The smallest absolute Gasteiger partial charge is 0.411 e. The van der Waals surface area contributed by atoms with E-state index in [1.165, 1.54) is 4.90 Å². The number of carbonyl (C=O) groups is 2. The molecule has 1 atom stereocenters. The number of fused-ring (bicyclic) bond motifs is 3. The molecule has 1 unspecified atom stereocenters. The van der Waals surface area contributed by atoms with E-state index < -0.39 is 17.7 Å². The fourth-order valence-corrected chi connectivity index (χ4v) is 3.41. The van der Waals surface area contributed by atoms with Crippen molar-refractivity contribution in [2.45, 2.75) is 50.0 Å². The molecule has 2 saturated heterocycles. The SMILES string of the molecule is O=CC1N(C(=O)OCc2ccccc2)C2CCC1(O)CC2. The van der Waals surface area contributed by atoms with Crippen LogP contribution in [0.3, 0.4) is 0 Å². The van der Waals surface area contributed by atoms with Gasteiger partial charge in [0.05, 0.1) is 5.60 Å². The number of rotatable bonds is 3. The molecule has 0 aromatic heterocycles. The molecule has 1 aliphatic carbocycles. The van der Waals surface area contributed by atoms with Crippen molar-refractivity contribution in [1.29, 1.82) is 0 Å². The van der Waals surface area contributed by atoms with E-state index in [1.54, 1.807) is 0 Å². The molecule has 2 bridgehead atoms. The highest BCUT2D eigenvalue weighted by atomic mass is 16.6. The van der Waals surface area contributed by atoms with E-state index in [-0.39, 0.29) is 12.6 Å². The van der Waals surface area contributed by atoms with Crippen LogP contribution in [-0.2, 0) is 16.1 Å². The molecule has 1 aromatic rings. The average Bonchev–Trinajstić information content (AvgIpc) is 2.53. The number of carbonyl (C=O) groups excluding carboxylic acids is 2. The summed E-state index contributed by atoms with van der Waals surface area (Å²) in [7, 11) is 0. The lowest BCUT2D eigenvalue weighted by atomic mass is 9.71. The van der Waals surface area contributed by atoms with Gasteiger partial charge in [-0.2, -0.15) is 0 Å². The Morgan fingerprint density at radius 3 is 2.62 bits per heavy atom. The summed E-state index contributed by atoms with van der Waals surface area (Å²) < 4.78 is 5.31. The number of aldehydes is 1. The topological polar surface area (TPSA) is 66.8 Å². The molecule has 2 heterocycles. The summed E-state index contributed by atoms with van der Waals surface area (Å²) in [5.74, 6) is 0. The van der Waals surface area contributed by atoms with Crippen LogP contribution >= 0.6 is 0 Å². The molecule has 1 amide bonds. The highest BCUT2D eigenvalue weighted by molar-refractivity contribution is 5.75.